The molecule has 1 aromatic carbocycles. The molecule has 7 nitrogen and oxygen atoms in total. The van der Waals surface area contributed by atoms with E-state index >= 15 is 0 Å². The summed E-state index contributed by atoms with van der Waals surface area (Å²) in [4.78, 5) is 14.3. The fraction of sp³-hybridized carbons (Fsp3) is 0.412. The number of benzene rings is 1. The van der Waals surface area contributed by atoms with Crippen LogP contribution < -0.4 is 10.1 Å². The Balaban J connectivity index is 2.06. The zero-order chi connectivity index (χ0) is 18.2. The number of nitrogens with zero attached hydrogens (tertiary/aromatic N) is 3. The van der Waals surface area contributed by atoms with Crippen LogP contribution in [0.5, 0.6) is 5.75 Å². The van der Waals surface area contributed by atoms with Crippen LogP contribution in [0.15, 0.2) is 30.6 Å². The standard InChI is InChI=1S/C17H23ClN4O3/c1-4-25-16-6-5-14(9-15(16)18)20-17(23)22(7-8-24-3)12-13-10-19-21(2)11-13/h5-6,9-11H,4,7-8,12H2,1-3H3,(H,20,23). The van der Waals surface area contributed by atoms with Crippen molar-refractivity contribution in [2.24, 2.45) is 7.05 Å². The first kappa shape index (κ1) is 19.1. The molecule has 136 valence electrons. The number of halogens is 1. The van der Waals surface area contributed by atoms with Gasteiger partial charge in [0.15, 0.2) is 0 Å². The number of methoxy groups -OCH3 is 1. The van der Waals surface area contributed by atoms with Gasteiger partial charge in [-0.25, -0.2) is 4.79 Å². The van der Waals surface area contributed by atoms with E-state index in [0.29, 0.717) is 42.8 Å². The van der Waals surface area contributed by atoms with Crippen molar-refractivity contribution in [3.05, 3.63) is 41.2 Å². The molecule has 0 bridgehead atoms. The minimum Gasteiger partial charge on any atom is -0.492 e. The minimum atomic E-state index is -0.235. The highest BCUT2D eigenvalue weighted by Crippen LogP contribution is 2.27. The van der Waals surface area contributed by atoms with Gasteiger partial charge in [-0.3, -0.25) is 4.68 Å². The number of hydrogen-bond acceptors (Lipinski definition) is 4. The lowest BCUT2D eigenvalue weighted by Gasteiger charge is -2.22. The van der Waals surface area contributed by atoms with Crippen molar-refractivity contribution in [3.8, 4) is 5.75 Å². The molecule has 2 rings (SSSR count). The van der Waals surface area contributed by atoms with Gasteiger partial charge in [0, 0.05) is 38.1 Å². The fourth-order valence-electron chi connectivity index (χ4n) is 2.28. The second kappa shape index (κ2) is 9.29. The van der Waals surface area contributed by atoms with Crippen LogP contribution in [-0.4, -0.2) is 47.6 Å². The highest BCUT2D eigenvalue weighted by atomic mass is 35.5. The molecule has 1 N–H and O–H groups in total. The SMILES string of the molecule is CCOc1ccc(NC(=O)N(CCOC)Cc2cnn(C)c2)cc1Cl. The maximum Gasteiger partial charge on any atom is 0.322 e. The van der Waals surface area contributed by atoms with Crippen LogP contribution in [0.1, 0.15) is 12.5 Å². The molecule has 0 aliphatic carbocycles. The van der Waals surface area contributed by atoms with Gasteiger partial charge in [0.1, 0.15) is 5.75 Å². The number of nitrogens with one attached hydrogen (secondary N) is 1. The summed E-state index contributed by atoms with van der Waals surface area (Å²) in [5.41, 5.74) is 1.55. The third-order valence-electron chi connectivity index (χ3n) is 3.47. The molecule has 0 atom stereocenters. The predicted molar refractivity (Wildman–Crippen MR) is 97.1 cm³/mol. The van der Waals surface area contributed by atoms with Crippen LogP contribution >= 0.6 is 11.6 Å². The number of anilines is 1. The van der Waals surface area contributed by atoms with Crippen molar-refractivity contribution in [1.29, 1.82) is 0 Å². The Bertz CT molecular complexity index is 705. The van der Waals surface area contributed by atoms with E-state index in [9.17, 15) is 4.79 Å². The third-order valence-corrected chi connectivity index (χ3v) is 3.76. The highest BCUT2D eigenvalue weighted by molar-refractivity contribution is 6.32. The molecule has 1 aromatic heterocycles. The molecule has 0 fully saturated rings. The van der Waals surface area contributed by atoms with Crippen molar-refractivity contribution in [2.45, 2.75) is 13.5 Å². The molecule has 0 aliphatic rings. The van der Waals surface area contributed by atoms with E-state index in [-0.39, 0.29) is 6.03 Å². The van der Waals surface area contributed by atoms with E-state index < -0.39 is 0 Å². The summed E-state index contributed by atoms with van der Waals surface area (Å²) in [5.74, 6) is 0.591. The molecule has 2 aromatic rings. The molecule has 2 amide bonds. The average molecular weight is 367 g/mol. The summed E-state index contributed by atoms with van der Waals surface area (Å²) in [6, 6.07) is 4.93. The van der Waals surface area contributed by atoms with Gasteiger partial charge in [0.25, 0.3) is 0 Å². The Morgan fingerprint density at radius 1 is 1.44 bits per heavy atom. The maximum atomic E-state index is 12.6. The number of aromatic nitrogens is 2. The van der Waals surface area contributed by atoms with E-state index in [2.05, 4.69) is 10.4 Å². The Morgan fingerprint density at radius 3 is 2.84 bits per heavy atom. The number of carbonyl (C=O) groups excluding carboxylic acids is 1. The van der Waals surface area contributed by atoms with Crippen LogP contribution in [0.3, 0.4) is 0 Å². The van der Waals surface area contributed by atoms with Crippen LogP contribution in [-0.2, 0) is 18.3 Å². The van der Waals surface area contributed by atoms with Crippen LogP contribution in [0.25, 0.3) is 0 Å². The molecule has 25 heavy (non-hydrogen) atoms. The van der Waals surface area contributed by atoms with E-state index in [0.717, 1.165) is 5.56 Å². The van der Waals surface area contributed by atoms with Crippen molar-refractivity contribution in [1.82, 2.24) is 14.7 Å². The number of amides is 2. The molecular formula is C17H23ClN4O3. The van der Waals surface area contributed by atoms with Crippen LogP contribution in [0.4, 0.5) is 10.5 Å². The smallest absolute Gasteiger partial charge is 0.322 e. The lowest BCUT2D eigenvalue weighted by molar-refractivity contribution is 0.153. The lowest BCUT2D eigenvalue weighted by atomic mass is 10.3. The van der Waals surface area contributed by atoms with Gasteiger partial charge in [0.05, 0.1) is 31.0 Å². The van der Waals surface area contributed by atoms with Gasteiger partial charge in [-0.05, 0) is 25.1 Å². The number of hydrogen-bond donors (Lipinski definition) is 1. The summed E-state index contributed by atoms with van der Waals surface area (Å²) in [6.07, 6.45) is 3.61. The van der Waals surface area contributed by atoms with E-state index in [1.807, 2.05) is 20.2 Å². The minimum absolute atomic E-state index is 0.235. The number of aryl methyl sites for hydroxylation is 1. The largest absolute Gasteiger partial charge is 0.492 e. The Hall–Kier alpha value is -2.25. The third kappa shape index (κ3) is 5.65. The molecule has 0 unspecified atom stereocenters. The number of rotatable bonds is 8. The second-order valence-electron chi connectivity index (χ2n) is 5.44. The molecule has 0 saturated heterocycles. The van der Waals surface area contributed by atoms with Gasteiger partial charge >= 0.3 is 6.03 Å². The average Bonchev–Trinajstić information content (AvgIpc) is 2.99. The summed E-state index contributed by atoms with van der Waals surface area (Å²) in [5, 5.41) is 7.43. The molecule has 1 heterocycles. The van der Waals surface area contributed by atoms with Gasteiger partial charge in [-0.1, -0.05) is 11.6 Å². The summed E-state index contributed by atoms with van der Waals surface area (Å²) in [7, 11) is 3.44. The Morgan fingerprint density at radius 2 is 2.24 bits per heavy atom. The zero-order valence-corrected chi connectivity index (χ0v) is 15.4. The van der Waals surface area contributed by atoms with E-state index in [1.54, 1.807) is 41.1 Å². The molecule has 8 heteroatoms. The van der Waals surface area contributed by atoms with E-state index in [1.165, 1.54) is 0 Å². The maximum absolute atomic E-state index is 12.6. The first-order chi connectivity index (χ1) is 12.0. The fourth-order valence-corrected chi connectivity index (χ4v) is 2.52. The number of carbonyl (C=O) groups is 1. The predicted octanol–water partition coefficient (Wildman–Crippen LogP) is 3.15. The first-order valence-electron chi connectivity index (χ1n) is 7.98. The second-order valence-corrected chi connectivity index (χ2v) is 5.85. The van der Waals surface area contributed by atoms with E-state index in [4.69, 9.17) is 21.1 Å². The first-order valence-corrected chi connectivity index (χ1v) is 8.36. The van der Waals surface area contributed by atoms with Gasteiger partial charge in [-0.15, -0.1) is 0 Å². The van der Waals surface area contributed by atoms with Gasteiger partial charge in [-0.2, -0.15) is 5.10 Å². The molecular weight excluding hydrogens is 344 g/mol. The summed E-state index contributed by atoms with van der Waals surface area (Å²) in [6.45, 7) is 3.76. The monoisotopic (exact) mass is 366 g/mol. The van der Waals surface area contributed by atoms with Crippen LogP contribution in [0, 0.1) is 0 Å². The quantitative estimate of drug-likeness (QED) is 0.779. The Labute approximate surface area is 152 Å². The van der Waals surface area contributed by atoms with Crippen LogP contribution in [0.2, 0.25) is 5.02 Å². The van der Waals surface area contributed by atoms with Crippen molar-refractivity contribution >= 4 is 23.3 Å². The zero-order valence-electron chi connectivity index (χ0n) is 14.7. The van der Waals surface area contributed by atoms with Crippen molar-refractivity contribution in [3.63, 3.8) is 0 Å². The van der Waals surface area contributed by atoms with Crippen molar-refractivity contribution < 1.29 is 14.3 Å². The number of urea groups is 1. The number of ether oxygens (including phenoxy) is 2. The molecule has 0 saturated carbocycles. The molecule has 0 spiro atoms. The Kier molecular flexibility index (Phi) is 7.09. The van der Waals surface area contributed by atoms with Crippen molar-refractivity contribution in [2.75, 3.05) is 32.2 Å². The highest BCUT2D eigenvalue weighted by Gasteiger charge is 2.15. The summed E-state index contributed by atoms with van der Waals surface area (Å²) < 4.78 is 12.2. The molecule has 0 aliphatic heterocycles. The van der Waals surface area contributed by atoms with Gasteiger partial charge in [0.2, 0.25) is 0 Å². The normalized spacial score (nSPS) is 10.6. The van der Waals surface area contributed by atoms with Gasteiger partial charge < -0.3 is 19.7 Å². The summed E-state index contributed by atoms with van der Waals surface area (Å²) >= 11 is 6.17. The topological polar surface area (TPSA) is 68.6 Å². The molecule has 0 radical (unpaired) electrons. The lowest BCUT2D eigenvalue weighted by Crippen LogP contribution is -2.36.